The van der Waals surface area contributed by atoms with E-state index >= 15 is 0 Å². The van der Waals surface area contributed by atoms with Gasteiger partial charge in [0, 0.05) is 53.4 Å². The van der Waals surface area contributed by atoms with Gasteiger partial charge in [0.15, 0.2) is 0 Å². The first-order valence-electron chi connectivity index (χ1n) is 11.2. The van der Waals surface area contributed by atoms with E-state index in [9.17, 15) is 26.4 Å². The van der Waals surface area contributed by atoms with Crippen LogP contribution in [-0.2, 0) is 29.9 Å². The van der Waals surface area contributed by atoms with Gasteiger partial charge in [-0.15, -0.1) is 0 Å². The van der Waals surface area contributed by atoms with Crippen molar-refractivity contribution in [3.63, 3.8) is 0 Å². The van der Waals surface area contributed by atoms with E-state index in [2.05, 4.69) is 19.9 Å². The number of nitrogens with zero attached hydrogens (tertiary/aromatic N) is 2. The third-order valence-electron chi connectivity index (χ3n) is 3.30. The van der Waals surface area contributed by atoms with Gasteiger partial charge in [-0.2, -0.15) is 16.8 Å². The molecule has 0 aromatic carbocycles. The van der Waals surface area contributed by atoms with Crippen LogP contribution in [0.1, 0.15) is 41.5 Å². The Hall–Kier alpha value is -1.80. The number of rotatable bonds is 10. The molecular formula is C19H48N8O8S2. The van der Waals surface area contributed by atoms with Crippen molar-refractivity contribution in [2.45, 2.75) is 52.7 Å². The minimum atomic E-state index is -3.71. The van der Waals surface area contributed by atoms with E-state index in [-0.39, 0.29) is 19.2 Å². The fourth-order valence-electron chi connectivity index (χ4n) is 1.73. The van der Waals surface area contributed by atoms with Gasteiger partial charge in [0.05, 0.1) is 0 Å². The molecule has 0 bridgehead atoms. The Morgan fingerprint density at radius 2 is 1.08 bits per heavy atom. The number of hydrogen-bond acceptors (Lipinski definition) is 10. The summed E-state index contributed by atoms with van der Waals surface area (Å²) in [5.41, 5.74) is 4.28. The molecule has 0 unspecified atom stereocenters. The summed E-state index contributed by atoms with van der Waals surface area (Å²) in [6.07, 6.45) is -0.836. The average molecular weight is 581 g/mol. The number of carbonyl (C=O) groups is 2. The molecule has 0 radical (unpaired) electrons. The highest BCUT2D eigenvalue weighted by atomic mass is 32.2. The molecule has 0 aliphatic rings. The van der Waals surface area contributed by atoms with Crippen LogP contribution in [0.15, 0.2) is 0 Å². The molecule has 0 aliphatic heterocycles. The Balaban J connectivity index is -0.000000490. The van der Waals surface area contributed by atoms with Crippen molar-refractivity contribution in [1.29, 1.82) is 0 Å². The smallest absolute Gasteiger partial charge is 0.410 e. The number of hydrogen-bond donors (Lipinski definition) is 6. The Morgan fingerprint density at radius 1 is 0.730 bits per heavy atom. The Kier molecular flexibility index (Phi) is 19.8. The van der Waals surface area contributed by atoms with Crippen LogP contribution in [0.5, 0.6) is 0 Å². The van der Waals surface area contributed by atoms with Gasteiger partial charge in [-0.3, -0.25) is 0 Å². The Bertz CT molecular complexity index is 856. The van der Waals surface area contributed by atoms with Gasteiger partial charge in [-0.05, 0) is 48.6 Å². The van der Waals surface area contributed by atoms with Crippen LogP contribution in [0.2, 0.25) is 0 Å². The molecule has 18 heteroatoms. The molecule has 224 valence electrons. The molecule has 9 N–H and O–H groups in total. The van der Waals surface area contributed by atoms with E-state index in [1.54, 1.807) is 34.9 Å². The molecule has 0 fully saturated rings. The van der Waals surface area contributed by atoms with Crippen LogP contribution in [0.25, 0.3) is 0 Å². The summed E-state index contributed by atoms with van der Waals surface area (Å²) < 4.78 is 55.7. The number of carbonyl (C=O) groups excluding carboxylic acids is 2. The van der Waals surface area contributed by atoms with Crippen molar-refractivity contribution in [3.05, 3.63) is 0 Å². The van der Waals surface area contributed by atoms with Crippen LogP contribution in [0.3, 0.4) is 0 Å². The first kappa shape index (κ1) is 39.7. The minimum absolute atomic E-state index is 0.0502. The molecular weight excluding hydrogens is 532 g/mol. The number of likely N-dealkylation sites (N-methyl/N-ethyl adjacent to an activating group) is 3. The van der Waals surface area contributed by atoms with Crippen molar-refractivity contribution < 1.29 is 35.9 Å². The monoisotopic (exact) mass is 580 g/mol. The lowest BCUT2D eigenvalue weighted by molar-refractivity contribution is 0.0293. The average Bonchev–Trinajstić information content (AvgIpc) is 2.64. The molecule has 0 saturated heterocycles. The maximum absolute atomic E-state index is 11.4. The van der Waals surface area contributed by atoms with E-state index in [1.165, 1.54) is 16.8 Å². The topological polar surface area (TPSA) is 242 Å². The molecule has 0 atom stereocenters. The quantitative estimate of drug-likeness (QED) is 0.163. The largest absolute Gasteiger partial charge is 0.444 e. The lowest BCUT2D eigenvalue weighted by Gasteiger charge is -2.24. The van der Waals surface area contributed by atoms with Gasteiger partial charge in [-0.25, -0.2) is 29.3 Å². The zero-order chi connectivity index (χ0) is 30.1. The summed E-state index contributed by atoms with van der Waals surface area (Å²) in [5, 5.41) is 12.1. The summed E-state index contributed by atoms with van der Waals surface area (Å²) in [6, 6.07) is 0. The van der Waals surface area contributed by atoms with Crippen molar-refractivity contribution >= 4 is 32.6 Å². The summed E-state index contributed by atoms with van der Waals surface area (Å²) in [7, 11) is -2.29. The summed E-state index contributed by atoms with van der Waals surface area (Å²) >= 11 is 0. The Morgan fingerprint density at radius 3 is 1.38 bits per heavy atom. The van der Waals surface area contributed by atoms with E-state index in [1.807, 2.05) is 20.8 Å². The second-order valence-corrected chi connectivity index (χ2v) is 12.3. The predicted octanol–water partition coefficient (Wildman–Crippen LogP) is -1.54. The van der Waals surface area contributed by atoms with Gasteiger partial charge in [0.25, 0.3) is 20.4 Å². The van der Waals surface area contributed by atoms with Crippen LogP contribution >= 0.6 is 0 Å². The first-order chi connectivity index (χ1) is 16.4. The number of ether oxygens (including phenoxy) is 2. The fourth-order valence-corrected chi connectivity index (χ4v) is 2.49. The SMILES string of the molecule is CN(CCN)C(=O)OC(C)(C)C.CN(CCNS(N)(=O)=O)C(=O)OC(C)(C)C.CNCCNS(N)(=O)=O. The second-order valence-electron chi connectivity index (χ2n) is 9.57. The van der Waals surface area contributed by atoms with Crippen LogP contribution in [0.4, 0.5) is 9.59 Å². The number of nitrogens with two attached hydrogens (primary N) is 3. The van der Waals surface area contributed by atoms with E-state index in [4.69, 9.17) is 20.3 Å². The zero-order valence-corrected chi connectivity index (χ0v) is 25.1. The van der Waals surface area contributed by atoms with Crippen molar-refractivity contribution in [1.82, 2.24) is 24.6 Å². The molecule has 0 heterocycles. The van der Waals surface area contributed by atoms with Crippen molar-refractivity contribution in [2.24, 2.45) is 16.0 Å². The fraction of sp³-hybridized carbons (Fsp3) is 0.895. The lowest BCUT2D eigenvalue weighted by atomic mass is 10.2. The summed E-state index contributed by atoms with van der Waals surface area (Å²) in [4.78, 5) is 25.3. The third kappa shape index (κ3) is 34.2. The lowest BCUT2D eigenvalue weighted by Crippen LogP contribution is -2.40. The van der Waals surface area contributed by atoms with Crippen LogP contribution in [-0.4, -0.2) is 110 Å². The standard InChI is InChI=1S/C8H19N3O4S.C8H18N2O2.C3H11N3O2S/c1-8(2,3)15-7(12)11(4)6-5-10-16(9,13)14;1-8(2,3)12-7(11)10(4)6-5-9;1-5-2-3-6-9(4,7)8/h10H,5-6H2,1-4H3,(H2,9,13,14);5-6,9H2,1-4H3;5-6H,2-3H2,1H3,(H2,4,7,8). The zero-order valence-electron chi connectivity index (χ0n) is 23.5. The van der Waals surface area contributed by atoms with Gasteiger partial charge >= 0.3 is 12.2 Å². The van der Waals surface area contributed by atoms with Gasteiger partial charge in [-0.1, -0.05) is 0 Å². The van der Waals surface area contributed by atoms with Crippen LogP contribution < -0.4 is 30.8 Å². The molecule has 0 aliphatic carbocycles. The maximum atomic E-state index is 11.4. The molecule has 37 heavy (non-hydrogen) atoms. The van der Waals surface area contributed by atoms with Gasteiger partial charge in [0.2, 0.25) is 0 Å². The number of nitrogens with one attached hydrogen (secondary N) is 3. The molecule has 0 spiro atoms. The highest BCUT2D eigenvalue weighted by Gasteiger charge is 2.20. The van der Waals surface area contributed by atoms with Crippen molar-refractivity contribution in [2.75, 3.05) is 60.4 Å². The highest BCUT2D eigenvalue weighted by molar-refractivity contribution is 7.87. The molecule has 0 rings (SSSR count). The Labute approximate surface area is 222 Å². The first-order valence-corrected chi connectivity index (χ1v) is 14.3. The van der Waals surface area contributed by atoms with Crippen LogP contribution in [0, 0.1) is 0 Å². The molecule has 2 amide bonds. The molecule has 0 aromatic rings. The molecule has 0 saturated carbocycles. The number of amides is 2. The van der Waals surface area contributed by atoms with Gasteiger partial charge < -0.3 is 30.3 Å². The molecule has 0 aromatic heterocycles. The molecule has 16 nitrogen and oxygen atoms in total. The van der Waals surface area contributed by atoms with E-state index in [0.29, 0.717) is 26.2 Å². The highest BCUT2D eigenvalue weighted by Crippen LogP contribution is 2.09. The minimum Gasteiger partial charge on any atom is -0.444 e. The maximum Gasteiger partial charge on any atom is 0.410 e. The van der Waals surface area contributed by atoms with Gasteiger partial charge in [0.1, 0.15) is 11.2 Å². The van der Waals surface area contributed by atoms with E-state index < -0.39 is 37.7 Å². The van der Waals surface area contributed by atoms with E-state index in [0.717, 1.165) is 0 Å². The predicted molar refractivity (Wildman–Crippen MR) is 143 cm³/mol. The van der Waals surface area contributed by atoms with Crippen molar-refractivity contribution in [3.8, 4) is 0 Å². The second kappa shape index (κ2) is 18.5. The normalized spacial score (nSPS) is 11.8. The summed E-state index contributed by atoms with van der Waals surface area (Å²) in [5.74, 6) is 0. The summed E-state index contributed by atoms with van der Waals surface area (Å²) in [6.45, 7) is 12.9. The third-order valence-corrected chi connectivity index (χ3v) is 4.52.